The molecule has 1 saturated heterocycles. The molecular weight excluding hydrogens is 428 g/mol. The van der Waals surface area contributed by atoms with Crippen LogP contribution in [0, 0.1) is 32.1 Å². The van der Waals surface area contributed by atoms with Crippen molar-refractivity contribution in [1.82, 2.24) is 19.3 Å². The Morgan fingerprint density at radius 2 is 2.19 bits per heavy atom. The number of nitriles is 1. The van der Waals surface area contributed by atoms with Crippen LogP contribution in [0.4, 0.5) is 5.82 Å². The molecule has 3 aromatic rings. The minimum absolute atomic E-state index is 0.0977. The number of aromatic nitrogens is 4. The maximum absolute atomic E-state index is 12.8. The van der Waals surface area contributed by atoms with Gasteiger partial charge in [-0.2, -0.15) is 5.26 Å². The fourth-order valence-electron chi connectivity index (χ4n) is 3.94. The number of ether oxygens (including phenoxy) is 1. The van der Waals surface area contributed by atoms with E-state index in [1.165, 1.54) is 11.8 Å². The monoisotopic (exact) mass is 454 g/mol. The van der Waals surface area contributed by atoms with Crippen LogP contribution in [-0.4, -0.2) is 43.7 Å². The third-order valence-electron chi connectivity index (χ3n) is 5.88. The second-order valence-electron chi connectivity index (χ2n) is 7.88. The van der Waals surface area contributed by atoms with E-state index in [0.29, 0.717) is 28.9 Å². The van der Waals surface area contributed by atoms with E-state index in [1.54, 1.807) is 6.26 Å². The number of amides is 1. The summed E-state index contributed by atoms with van der Waals surface area (Å²) in [6.45, 7) is 7.11. The molecule has 1 fully saturated rings. The Labute approximate surface area is 190 Å². The molecule has 1 atom stereocenters. The van der Waals surface area contributed by atoms with E-state index in [1.807, 2.05) is 43.0 Å². The number of nitrogens with one attached hydrogen (secondary N) is 1. The molecule has 1 amide bonds. The normalized spacial score (nSPS) is 15.8. The van der Waals surface area contributed by atoms with Crippen LogP contribution in [0.15, 0.2) is 21.9 Å². The van der Waals surface area contributed by atoms with Gasteiger partial charge in [0, 0.05) is 19.3 Å². The second kappa shape index (κ2) is 9.22. The number of aryl methyl sites for hydroxylation is 1. The summed E-state index contributed by atoms with van der Waals surface area (Å²) in [5.74, 6) is 1.92. The van der Waals surface area contributed by atoms with Crippen molar-refractivity contribution in [3.63, 3.8) is 0 Å². The third-order valence-corrected chi connectivity index (χ3v) is 6.90. The molecule has 4 rings (SSSR count). The molecule has 168 valence electrons. The lowest BCUT2D eigenvalue weighted by Gasteiger charge is -2.16. The van der Waals surface area contributed by atoms with Gasteiger partial charge in [-0.3, -0.25) is 4.79 Å². The molecule has 10 heteroatoms. The van der Waals surface area contributed by atoms with Crippen molar-refractivity contribution in [3.8, 4) is 17.5 Å². The Hall–Kier alpha value is -3.03. The van der Waals surface area contributed by atoms with Crippen LogP contribution in [0.1, 0.15) is 35.4 Å². The van der Waals surface area contributed by atoms with Gasteiger partial charge in [0.15, 0.2) is 11.0 Å². The van der Waals surface area contributed by atoms with Crippen molar-refractivity contribution in [2.24, 2.45) is 7.05 Å². The van der Waals surface area contributed by atoms with Crippen LogP contribution in [0.25, 0.3) is 11.4 Å². The summed E-state index contributed by atoms with van der Waals surface area (Å²) < 4.78 is 15.0. The fraction of sp³-hybridized carbons (Fsp3) is 0.455. The Balaban J connectivity index is 1.48. The van der Waals surface area contributed by atoms with Gasteiger partial charge < -0.3 is 23.6 Å². The van der Waals surface area contributed by atoms with Gasteiger partial charge in [0.05, 0.1) is 35.8 Å². The first-order chi connectivity index (χ1) is 15.4. The number of nitrogens with zero attached hydrogens (tertiary/aromatic N) is 5. The van der Waals surface area contributed by atoms with E-state index in [2.05, 4.69) is 21.6 Å². The number of anilines is 1. The number of carbonyl (C=O) groups is 1. The SMILES string of the molecule is Cc1occc1-c1nnc(SCC(=O)Nc2c(C#N)c(C)c(C)n2CC2CCCO2)n1C. The number of furan rings is 1. The van der Waals surface area contributed by atoms with E-state index in [-0.39, 0.29) is 17.8 Å². The van der Waals surface area contributed by atoms with Crippen LogP contribution >= 0.6 is 11.8 Å². The first kappa shape index (κ1) is 22.2. The zero-order valence-electron chi connectivity index (χ0n) is 18.6. The summed E-state index contributed by atoms with van der Waals surface area (Å²) in [6.07, 6.45) is 3.72. The molecular formula is C22H26N6O3S. The largest absolute Gasteiger partial charge is 0.469 e. The van der Waals surface area contributed by atoms with Crippen LogP contribution in [0.3, 0.4) is 0 Å². The number of hydrogen-bond acceptors (Lipinski definition) is 7. The van der Waals surface area contributed by atoms with Gasteiger partial charge in [-0.1, -0.05) is 11.8 Å². The molecule has 1 aliphatic heterocycles. The molecule has 1 unspecified atom stereocenters. The molecule has 3 aromatic heterocycles. The summed E-state index contributed by atoms with van der Waals surface area (Å²) in [7, 11) is 1.86. The number of rotatable bonds is 7. The predicted octanol–water partition coefficient (Wildman–Crippen LogP) is 3.58. The summed E-state index contributed by atoms with van der Waals surface area (Å²) in [6, 6.07) is 4.09. The van der Waals surface area contributed by atoms with Crippen LogP contribution in [0.5, 0.6) is 0 Å². The van der Waals surface area contributed by atoms with E-state index in [4.69, 9.17) is 9.15 Å². The number of hydrogen-bond donors (Lipinski definition) is 1. The maximum atomic E-state index is 12.8. The van der Waals surface area contributed by atoms with Crippen LogP contribution in [-0.2, 0) is 23.1 Å². The fourth-order valence-corrected chi connectivity index (χ4v) is 4.65. The van der Waals surface area contributed by atoms with E-state index in [0.717, 1.165) is 42.0 Å². The smallest absolute Gasteiger partial charge is 0.235 e. The first-order valence-corrected chi connectivity index (χ1v) is 11.5. The number of carbonyl (C=O) groups excluding carboxylic acids is 1. The lowest BCUT2D eigenvalue weighted by Crippen LogP contribution is -2.22. The Bertz CT molecular complexity index is 1180. The second-order valence-corrected chi connectivity index (χ2v) is 8.83. The summed E-state index contributed by atoms with van der Waals surface area (Å²) in [4.78, 5) is 12.8. The highest BCUT2D eigenvalue weighted by Gasteiger charge is 2.24. The van der Waals surface area contributed by atoms with Crippen molar-refractivity contribution >= 4 is 23.5 Å². The molecule has 0 aromatic carbocycles. The molecule has 4 heterocycles. The summed E-state index contributed by atoms with van der Waals surface area (Å²) in [5, 5.41) is 21.7. The molecule has 0 spiro atoms. The Kier molecular flexibility index (Phi) is 6.39. The van der Waals surface area contributed by atoms with Crippen molar-refractivity contribution in [3.05, 3.63) is 34.9 Å². The van der Waals surface area contributed by atoms with Crippen molar-refractivity contribution in [1.29, 1.82) is 5.26 Å². The Morgan fingerprint density at radius 3 is 2.84 bits per heavy atom. The van der Waals surface area contributed by atoms with Gasteiger partial charge >= 0.3 is 0 Å². The third kappa shape index (κ3) is 4.18. The quantitative estimate of drug-likeness (QED) is 0.543. The molecule has 0 bridgehead atoms. The topological polar surface area (TPSA) is 111 Å². The predicted molar refractivity (Wildman–Crippen MR) is 120 cm³/mol. The van der Waals surface area contributed by atoms with Gasteiger partial charge in [-0.25, -0.2) is 0 Å². The zero-order valence-corrected chi connectivity index (χ0v) is 19.5. The average Bonchev–Trinajstić information content (AvgIpc) is 3.54. The average molecular weight is 455 g/mol. The Morgan fingerprint density at radius 1 is 1.38 bits per heavy atom. The highest BCUT2D eigenvalue weighted by molar-refractivity contribution is 7.99. The van der Waals surface area contributed by atoms with Gasteiger partial charge in [-0.05, 0) is 45.2 Å². The first-order valence-electron chi connectivity index (χ1n) is 10.5. The molecule has 0 saturated carbocycles. The molecule has 1 N–H and O–H groups in total. The van der Waals surface area contributed by atoms with E-state index in [9.17, 15) is 10.1 Å². The minimum Gasteiger partial charge on any atom is -0.469 e. The molecule has 1 aliphatic rings. The maximum Gasteiger partial charge on any atom is 0.235 e. The summed E-state index contributed by atoms with van der Waals surface area (Å²) >= 11 is 1.29. The number of thioether (sulfide) groups is 1. The lowest BCUT2D eigenvalue weighted by atomic mass is 10.2. The van der Waals surface area contributed by atoms with Gasteiger partial charge in [0.2, 0.25) is 5.91 Å². The summed E-state index contributed by atoms with van der Waals surface area (Å²) in [5.41, 5.74) is 3.21. The van der Waals surface area contributed by atoms with Crippen molar-refractivity contribution < 1.29 is 13.9 Å². The van der Waals surface area contributed by atoms with Crippen LogP contribution in [0.2, 0.25) is 0 Å². The van der Waals surface area contributed by atoms with E-state index >= 15 is 0 Å². The molecule has 32 heavy (non-hydrogen) atoms. The lowest BCUT2D eigenvalue weighted by molar-refractivity contribution is -0.113. The van der Waals surface area contributed by atoms with Crippen LogP contribution < -0.4 is 5.32 Å². The van der Waals surface area contributed by atoms with Crippen molar-refractivity contribution in [2.75, 3.05) is 17.7 Å². The highest BCUT2D eigenvalue weighted by atomic mass is 32.2. The molecule has 9 nitrogen and oxygen atoms in total. The highest BCUT2D eigenvalue weighted by Crippen LogP contribution is 2.29. The molecule has 0 aliphatic carbocycles. The molecule has 0 radical (unpaired) electrons. The van der Waals surface area contributed by atoms with E-state index < -0.39 is 0 Å². The van der Waals surface area contributed by atoms with Crippen molar-refractivity contribution in [2.45, 2.75) is 51.4 Å². The van der Waals surface area contributed by atoms with Gasteiger partial charge in [-0.15, -0.1) is 10.2 Å². The zero-order chi connectivity index (χ0) is 22.8. The van der Waals surface area contributed by atoms with Gasteiger partial charge in [0.1, 0.15) is 17.6 Å². The minimum atomic E-state index is -0.207. The van der Waals surface area contributed by atoms with Gasteiger partial charge in [0.25, 0.3) is 0 Å². The standard InChI is InChI=1S/C22H26N6O3S/c1-13-14(2)28(11-16-6-5-8-31-16)20(18(13)10-23)24-19(29)12-32-22-26-25-21(27(22)4)17-7-9-30-15(17)3/h7,9,16H,5-6,8,11-12H2,1-4H3,(H,24,29).